The quantitative estimate of drug-likeness (QED) is 0.0750. The fraction of sp³-hybridized carbons (Fsp3) is 0.429. The second kappa shape index (κ2) is 19.6. The van der Waals surface area contributed by atoms with Gasteiger partial charge in [0.05, 0.1) is 0 Å². The van der Waals surface area contributed by atoms with Crippen LogP contribution in [0, 0.1) is 13.8 Å². The highest BCUT2D eigenvalue weighted by Crippen LogP contribution is 2.42. The van der Waals surface area contributed by atoms with E-state index in [2.05, 4.69) is 56.8 Å². The lowest BCUT2D eigenvalue weighted by molar-refractivity contribution is -0.150. The molecule has 8 heterocycles. The van der Waals surface area contributed by atoms with Gasteiger partial charge in [0.1, 0.15) is 70.0 Å². The van der Waals surface area contributed by atoms with Crippen molar-refractivity contribution in [2.75, 3.05) is 23.0 Å². The summed E-state index contributed by atoms with van der Waals surface area (Å²) in [4.78, 5) is 72.6. The molecule has 0 aliphatic carbocycles. The molecule has 5 N–H and O–H groups in total. The van der Waals surface area contributed by atoms with Crippen molar-refractivity contribution < 1.29 is 40.4 Å². The maximum Gasteiger partial charge on any atom is 0.352 e. The Kier molecular flexibility index (Phi) is 14.6. The summed E-state index contributed by atoms with van der Waals surface area (Å²) in [5.74, 6) is -1.54. The Morgan fingerprint density at radius 3 is 1.75 bits per heavy atom. The third kappa shape index (κ3) is 10.6. The largest absolute Gasteiger partial charge is 0.477 e. The molecule has 24 nitrogen and oxygen atoms in total. The summed E-state index contributed by atoms with van der Waals surface area (Å²) in [6.45, 7) is 3.61. The fourth-order valence-electron chi connectivity index (χ4n) is 5.46. The zero-order valence-corrected chi connectivity index (χ0v) is 35.9. The number of carboxylic acids is 2. The van der Waals surface area contributed by atoms with Crippen LogP contribution in [0.4, 0.5) is 0 Å². The van der Waals surface area contributed by atoms with Crippen LogP contribution in [-0.4, -0.2) is 162 Å². The predicted molar refractivity (Wildman–Crippen MR) is 215 cm³/mol. The van der Waals surface area contributed by atoms with E-state index in [1.807, 2.05) is 13.8 Å². The van der Waals surface area contributed by atoms with E-state index in [0.717, 1.165) is 24.3 Å². The normalized spacial score (nSPS) is 20.6. The van der Waals surface area contributed by atoms with Crippen LogP contribution in [0.2, 0.25) is 0 Å². The van der Waals surface area contributed by atoms with Crippen LogP contribution in [0.3, 0.4) is 0 Å². The van der Waals surface area contributed by atoms with Gasteiger partial charge in [-0.05, 0) is 57.4 Å². The molecule has 4 aromatic rings. The molecule has 0 saturated carbocycles. The van der Waals surface area contributed by atoms with Gasteiger partial charge < -0.3 is 21.3 Å². The molecule has 2 fully saturated rings. The van der Waals surface area contributed by atoms with Gasteiger partial charge in [-0.1, -0.05) is 46.2 Å². The molecule has 314 valence electrons. The van der Waals surface area contributed by atoms with E-state index >= 15 is 0 Å². The lowest BCUT2D eigenvalue weighted by Crippen LogP contribution is -2.70. The highest BCUT2D eigenvalue weighted by atomic mass is 35.5. The van der Waals surface area contributed by atoms with E-state index in [-0.39, 0.29) is 37.2 Å². The van der Waals surface area contributed by atoms with Crippen LogP contribution in [-0.2, 0) is 41.9 Å². The number of hydrogen-bond donors (Lipinski definition) is 4. The van der Waals surface area contributed by atoms with Gasteiger partial charge in [0.2, 0.25) is 17.1 Å². The van der Waals surface area contributed by atoms with Crippen LogP contribution in [0.25, 0.3) is 0 Å². The van der Waals surface area contributed by atoms with Crippen molar-refractivity contribution in [2.45, 2.75) is 58.4 Å². The molecule has 4 atom stereocenters. The molecule has 8 rings (SSSR count). The van der Waals surface area contributed by atoms with Gasteiger partial charge in [-0.2, -0.15) is 0 Å². The topological polar surface area (TPSA) is 326 Å². The van der Waals surface area contributed by atoms with Gasteiger partial charge in [-0.25, -0.2) is 19.0 Å². The van der Waals surface area contributed by atoms with E-state index in [1.54, 1.807) is 0 Å². The molecule has 0 bridgehead atoms. The van der Waals surface area contributed by atoms with Crippen LogP contribution in [0.5, 0.6) is 0 Å². The highest BCUT2D eigenvalue weighted by molar-refractivity contribution is 8.02. The molecule has 0 aromatic carbocycles. The maximum atomic E-state index is 12.6. The van der Waals surface area contributed by atoms with Crippen LogP contribution in [0.1, 0.15) is 11.4 Å². The summed E-state index contributed by atoms with van der Waals surface area (Å²) in [5.41, 5.74) is 7.14. The molecule has 4 aliphatic rings. The first-order valence-corrected chi connectivity index (χ1v) is 22.6. The molecule has 3 amide bonds. The Morgan fingerprint density at radius 2 is 1.31 bits per heavy atom. The summed E-state index contributed by atoms with van der Waals surface area (Å²) in [6.07, 6.45) is 2.61. The number of aryl methyl sites for hydroxylation is 2. The van der Waals surface area contributed by atoms with Crippen molar-refractivity contribution >= 4 is 116 Å². The number of carbonyl (C=O) groups excluding carboxylic acids is 4. The maximum absolute atomic E-state index is 12.6. The van der Waals surface area contributed by atoms with Crippen molar-refractivity contribution in [2.24, 2.45) is 5.73 Å². The Bertz CT molecular complexity index is 2300. The van der Waals surface area contributed by atoms with E-state index in [9.17, 15) is 39.0 Å². The Morgan fingerprint density at radius 1 is 0.814 bits per heavy atom. The van der Waals surface area contributed by atoms with E-state index in [4.69, 9.17) is 17.3 Å². The molecule has 4 aliphatic heterocycles. The third-order valence-corrected chi connectivity index (χ3v) is 14.9. The number of aromatic nitrogens is 12. The average Bonchev–Trinajstić information content (AvgIpc) is 4.05. The van der Waals surface area contributed by atoms with Crippen LogP contribution >= 0.6 is 81.3 Å². The van der Waals surface area contributed by atoms with E-state index in [0.29, 0.717) is 28.6 Å². The van der Waals surface area contributed by atoms with E-state index < -0.39 is 46.5 Å². The number of carboxylic acid groups (broad SMARTS) is 2. The third-order valence-electron chi connectivity index (χ3n) is 7.99. The number of β-lactam (4-membered cyclic amide) rings is 2. The first-order valence-electron chi connectivity index (χ1n) is 16.5. The molecule has 59 heavy (non-hydrogen) atoms. The van der Waals surface area contributed by atoms with Gasteiger partial charge in [0, 0.05) is 24.4 Å². The minimum Gasteiger partial charge on any atom is -0.477 e. The Labute approximate surface area is 363 Å². The summed E-state index contributed by atoms with van der Waals surface area (Å²) in [7, 11) is 0. The number of hydrogen-bond acceptors (Lipinski definition) is 23. The highest BCUT2D eigenvalue weighted by Gasteiger charge is 2.54. The number of carbonyl (C=O) groups is 6. The number of nitrogens with zero attached hydrogens (tertiary/aromatic N) is 14. The minimum atomic E-state index is -1.16. The first-order chi connectivity index (χ1) is 28.2. The lowest BCUT2D eigenvalue weighted by Gasteiger charge is -2.49. The standard InChI is InChI=1S/C14H14N8O4S3.C11H12N4O3S3.C3H3ClN4O.H2/c1-6-17-18-14(29-6)28-4-7-3-27-12-9(11(24)22(12)10(7)13(25)26)16-8(23)2-21-5-15-19-20-21;1-4-13-14-11(21-4)20-3-5-2-19-9-6(12)8(16)15(9)7(5)10(17)18;4-3(9)1-8-2-5-6-7-8;/h5,9,12H,2-4H2,1H3,(H,16,23)(H,25,26);6,9H,2-3,12H2,1H3,(H,17,18);2H,1H2;1H. The van der Waals surface area contributed by atoms with Gasteiger partial charge in [0.15, 0.2) is 8.68 Å². The zero-order valence-electron chi connectivity index (χ0n) is 30.2. The van der Waals surface area contributed by atoms with Gasteiger partial charge in [-0.3, -0.25) is 29.0 Å². The summed E-state index contributed by atoms with van der Waals surface area (Å²) in [6, 6.07) is -1.37. The van der Waals surface area contributed by atoms with Gasteiger partial charge in [-0.15, -0.1) is 54.1 Å². The molecule has 2 saturated heterocycles. The average molecular weight is 948 g/mol. The summed E-state index contributed by atoms with van der Waals surface area (Å²) >= 11 is 13.7. The number of nitrogens with one attached hydrogen (secondary N) is 1. The van der Waals surface area contributed by atoms with Crippen LogP contribution < -0.4 is 11.1 Å². The van der Waals surface area contributed by atoms with E-state index in [1.165, 1.54) is 102 Å². The molecule has 0 radical (unpaired) electrons. The number of nitrogens with two attached hydrogens (primary N) is 1. The second-order valence-corrected chi connectivity index (χ2v) is 19.5. The minimum absolute atomic E-state index is 0. The van der Waals surface area contributed by atoms with Crippen molar-refractivity contribution in [3.63, 3.8) is 0 Å². The molecule has 31 heteroatoms. The zero-order chi connectivity index (χ0) is 42.4. The number of rotatable bonds is 13. The van der Waals surface area contributed by atoms with Gasteiger partial charge >= 0.3 is 11.9 Å². The summed E-state index contributed by atoms with van der Waals surface area (Å²) in [5, 5.41) is 58.6. The first kappa shape index (κ1) is 44.0. The molecular formula is C28H31ClN16O8S6. The van der Waals surface area contributed by atoms with Crippen LogP contribution in [0.15, 0.2) is 43.9 Å². The molecule has 4 unspecified atom stereocenters. The molecule has 0 spiro atoms. The van der Waals surface area contributed by atoms with Crippen molar-refractivity contribution in [1.29, 1.82) is 0 Å². The van der Waals surface area contributed by atoms with Gasteiger partial charge in [0.25, 0.3) is 5.91 Å². The number of thioether (sulfide) groups is 4. The van der Waals surface area contributed by atoms with Crippen molar-refractivity contribution in [3.8, 4) is 0 Å². The molecule has 4 aromatic heterocycles. The number of aliphatic carboxylic acids is 2. The monoisotopic (exact) mass is 946 g/mol. The summed E-state index contributed by atoms with van der Waals surface area (Å²) < 4.78 is 4.02. The Balaban J connectivity index is 0.000000192. The van der Waals surface area contributed by atoms with Crippen molar-refractivity contribution in [3.05, 3.63) is 45.2 Å². The smallest absolute Gasteiger partial charge is 0.352 e. The Hall–Kier alpha value is -4.59. The number of tetrazole rings is 2. The fourth-order valence-corrected chi connectivity index (χ4v) is 12.1. The SMILES string of the molecule is Cc1nnc(SCC2=C(C(=O)O)N3C(=O)C(N)C3SC2)s1.Cc1nnc(SCC2=C(C(=O)O)N3C(=O)C(NC(=O)Cn4cnnn4)C3SC2)s1.O=C(Cl)Cn1cnnn1.[HH]. The lowest BCUT2D eigenvalue weighted by atomic mass is 10.0. The second-order valence-electron chi connectivity index (χ2n) is 12.0. The number of halogens is 1. The predicted octanol–water partition coefficient (Wildman–Crippen LogP) is -0.432. The number of fused-ring (bicyclic) bond motifs is 2. The van der Waals surface area contributed by atoms with Crippen molar-refractivity contribution in [1.82, 2.24) is 75.9 Å². The molecular weight excluding hydrogens is 916 g/mol. The number of amides is 3.